The van der Waals surface area contributed by atoms with Crippen molar-refractivity contribution in [3.63, 3.8) is 0 Å². The van der Waals surface area contributed by atoms with Gasteiger partial charge in [0.1, 0.15) is 0 Å². The van der Waals surface area contributed by atoms with Crippen LogP contribution >= 0.6 is 23.2 Å². The number of hydrogen-bond donors (Lipinski definition) is 1. The molecule has 2 aromatic carbocycles. The predicted molar refractivity (Wildman–Crippen MR) is 118 cm³/mol. The molecule has 2 atom stereocenters. The van der Waals surface area contributed by atoms with E-state index in [0.717, 1.165) is 11.1 Å². The second-order valence-electron chi connectivity index (χ2n) is 6.10. The fourth-order valence-corrected chi connectivity index (χ4v) is 4.41. The van der Waals surface area contributed by atoms with Crippen molar-refractivity contribution in [1.29, 1.82) is 0 Å². The molecule has 2 rings (SSSR count). The number of amides is 1. The SMILES string of the molecule is CNC(=O)[C]([In])(OC)c1ccccc1C(C)ON=CC=Cc1c(Cl)cccc1Cl. The molecule has 8 heteroatoms. The Morgan fingerprint density at radius 1 is 1.21 bits per heavy atom. The molecule has 0 saturated heterocycles. The molecule has 1 N–H and O–H groups in total. The van der Waals surface area contributed by atoms with Crippen molar-refractivity contribution in [2.75, 3.05) is 14.2 Å². The summed E-state index contributed by atoms with van der Waals surface area (Å²) in [6.07, 6.45) is 4.59. The van der Waals surface area contributed by atoms with Gasteiger partial charge in [-0.1, -0.05) is 6.07 Å². The Labute approximate surface area is 195 Å². The maximum atomic E-state index is 12.4. The monoisotopic (exact) mass is 534 g/mol. The molecule has 0 saturated carbocycles. The maximum absolute atomic E-state index is 12.4. The zero-order valence-electron chi connectivity index (χ0n) is 16.4. The molecular formula is C21H21Cl2InN2O3. The summed E-state index contributed by atoms with van der Waals surface area (Å²) in [4.78, 5) is 18.0. The molecule has 0 aliphatic carbocycles. The van der Waals surface area contributed by atoms with E-state index in [9.17, 15) is 4.79 Å². The number of carbonyl (C=O) groups is 1. The minimum absolute atomic E-state index is 0.190. The van der Waals surface area contributed by atoms with Gasteiger partial charge in [-0.3, -0.25) is 0 Å². The van der Waals surface area contributed by atoms with Crippen molar-refractivity contribution in [2.24, 2.45) is 5.16 Å². The van der Waals surface area contributed by atoms with E-state index >= 15 is 0 Å². The number of nitrogens with zero attached hydrogens (tertiary/aromatic N) is 1. The van der Waals surface area contributed by atoms with E-state index in [-0.39, 0.29) is 12.0 Å². The van der Waals surface area contributed by atoms with Crippen LogP contribution in [0.25, 0.3) is 6.08 Å². The molecule has 2 radical (unpaired) electrons. The van der Waals surface area contributed by atoms with Gasteiger partial charge >= 0.3 is 190 Å². The van der Waals surface area contributed by atoms with Gasteiger partial charge in [0, 0.05) is 0 Å². The Hall–Kier alpha value is -1.47. The van der Waals surface area contributed by atoms with Crippen LogP contribution in [0.4, 0.5) is 0 Å². The minimum atomic E-state index is -1.02. The second-order valence-corrected chi connectivity index (χ2v) is 9.24. The Kier molecular flexibility index (Phi) is 9.08. The first-order valence-corrected chi connectivity index (χ1v) is 11.2. The van der Waals surface area contributed by atoms with Crippen LogP contribution in [-0.4, -0.2) is 50.7 Å². The number of carbonyl (C=O) groups excluding carboxylic acids is 1. The number of methoxy groups -OCH3 is 1. The van der Waals surface area contributed by atoms with Crippen molar-refractivity contribution < 1.29 is 14.4 Å². The number of allylic oxidation sites excluding steroid dienone is 1. The van der Waals surface area contributed by atoms with Crippen molar-refractivity contribution >= 4 is 65.8 Å². The molecule has 0 aliphatic rings. The molecule has 1 amide bonds. The third-order valence-electron chi connectivity index (χ3n) is 4.31. The zero-order valence-corrected chi connectivity index (χ0v) is 21.2. The van der Waals surface area contributed by atoms with Gasteiger partial charge in [-0.05, 0) is 0 Å². The molecule has 2 aromatic rings. The van der Waals surface area contributed by atoms with Gasteiger partial charge in [0.25, 0.3) is 0 Å². The van der Waals surface area contributed by atoms with Crippen molar-refractivity contribution in [3.8, 4) is 0 Å². The second kappa shape index (κ2) is 11.1. The first-order valence-electron chi connectivity index (χ1n) is 8.80. The van der Waals surface area contributed by atoms with Gasteiger partial charge in [-0.25, -0.2) is 0 Å². The summed E-state index contributed by atoms with van der Waals surface area (Å²) in [7, 11) is 3.13. The number of likely N-dealkylation sites (N-methyl/N-ethyl adjacent to an activating group) is 1. The summed E-state index contributed by atoms with van der Waals surface area (Å²) in [6, 6.07) is 12.9. The van der Waals surface area contributed by atoms with E-state index in [1.54, 1.807) is 37.4 Å². The molecule has 2 unspecified atom stereocenters. The molecule has 0 heterocycles. The number of halogens is 2. The molecule has 0 spiro atoms. The van der Waals surface area contributed by atoms with Gasteiger partial charge in [-0.15, -0.1) is 0 Å². The number of rotatable bonds is 8. The zero-order chi connectivity index (χ0) is 21.4. The fourth-order valence-electron chi connectivity index (χ4n) is 2.73. The van der Waals surface area contributed by atoms with E-state index in [1.807, 2.05) is 31.2 Å². The molecule has 0 aliphatic heterocycles. The Morgan fingerprint density at radius 2 is 1.86 bits per heavy atom. The molecule has 150 valence electrons. The van der Waals surface area contributed by atoms with Crippen LogP contribution in [0.3, 0.4) is 0 Å². The van der Waals surface area contributed by atoms with Crippen molar-refractivity contribution in [2.45, 2.75) is 16.4 Å². The molecule has 5 nitrogen and oxygen atoms in total. The fraction of sp³-hybridized carbons (Fsp3) is 0.238. The van der Waals surface area contributed by atoms with E-state index in [2.05, 4.69) is 10.5 Å². The number of hydrogen-bond acceptors (Lipinski definition) is 4. The van der Waals surface area contributed by atoms with Crippen LogP contribution in [0.15, 0.2) is 53.7 Å². The van der Waals surface area contributed by atoms with Gasteiger partial charge in [0.2, 0.25) is 0 Å². The first-order chi connectivity index (χ1) is 13.8. The standard InChI is InChI=1S/C21H21Cl2N2O3.In/c1-14(15-8-4-5-9-16(15)20(27-3)21(26)24-2)28-25-13-7-10-17-18(22)11-6-12-19(17)23;/h4-14H,1-3H3,(H,24,26);. The summed E-state index contributed by atoms with van der Waals surface area (Å²) in [5.41, 5.74) is 2.32. The Balaban J connectivity index is 2.16. The Morgan fingerprint density at radius 3 is 2.48 bits per heavy atom. The van der Waals surface area contributed by atoms with Crippen molar-refractivity contribution in [3.05, 3.63) is 75.3 Å². The summed E-state index contributed by atoms with van der Waals surface area (Å²) in [5.74, 6) is -0.190. The van der Waals surface area contributed by atoms with Crippen LogP contribution in [-0.2, 0) is 17.7 Å². The summed E-state index contributed by atoms with van der Waals surface area (Å²) in [5, 5.41) is 7.80. The molecule has 0 bridgehead atoms. The van der Waals surface area contributed by atoms with Crippen LogP contribution < -0.4 is 5.32 Å². The summed E-state index contributed by atoms with van der Waals surface area (Å²) in [6.45, 7) is 1.87. The third-order valence-corrected chi connectivity index (χ3v) is 7.28. The number of oxime groups is 1. The first kappa shape index (κ1) is 23.8. The van der Waals surface area contributed by atoms with Gasteiger partial charge in [0.05, 0.1) is 0 Å². The molecule has 0 aromatic heterocycles. The number of ether oxygens (including phenoxy) is 1. The normalized spacial score (nSPS) is 14.7. The number of nitrogens with one attached hydrogen (secondary N) is 1. The molecular weight excluding hydrogens is 514 g/mol. The van der Waals surface area contributed by atoms with Crippen LogP contribution in [0.2, 0.25) is 10.0 Å². The van der Waals surface area contributed by atoms with E-state index < -0.39 is 3.36 Å². The summed E-state index contributed by atoms with van der Waals surface area (Å²) >= 11 is 12.8. The van der Waals surface area contributed by atoms with E-state index in [4.69, 9.17) is 32.8 Å². The van der Waals surface area contributed by atoms with Crippen LogP contribution in [0, 0.1) is 0 Å². The molecule has 29 heavy (non-hydrogen) atoms. The average molecular weight is 535 g/mol. The van der Waals surface area contributed by atoms with Crippen molar-refractivity contribution in [1.82, 2.24) is 5.32 Å². The third kappa shape index (κ3) is 5.79. The molecule has 0 fully saturated rings. The number of benzene rings is 2. The average Bonchev–Trinajstić information content (AvgIpc) is 2.73. The Bertz CT molecular complexity index is 900. The van der Waals surface area contributed by atoms with Crippen LogP contribution in [0.5, 0.6) is 0 Å². The predicted octanol–water partition coefficient (Wildman–Crippen LogP) is 4.48. The van der Waals surface area contributed by atoms with Gasteiger partial charge in [-0.2, -0.15) is 0 Å². The van der Waals surface area contributed by atoms with E-state index in [1.165, 1.54) is 13.3 Å². The quantitative estimate of drug-likeness (QED) is 0.401. The summed E-state index contributed by atoms with van der Waals surface area (Å²) < 4.78 is 4.58. The topological polar surface area (TPSA) is 59.9 Å². The van der Waals surface area contributed by atoms with Gasteiger partial charge in [0.15, 0.2) is 0 Å². The van der Waals surface area contributed by atoms with E-state index in [0.29, 0.717) is 40.0 Å². The van der Waals surface area contributed by atoms with Crippen LogP contribution in [0.1, 0.15) is 29.7 Å². The van der Waals surface area contributed by atoms with Gasteiger partial charge < -0.3 is 0 Å².